The van der Waals surface area contributed by atoms with Crippen molar-refractivity contribution in [2.24, 2.45) is 0 Å². The monoisotopic (exact) mass is 306 g/mol. The zero-order valence-electron chi connectivity index (χ0n) is 13.7. The molecule has 0 amide bonds. The van der Waals surface area contributed by atoms with Crippen molar-refractivity contribution in [2.45, 2.75) is 44.9 Å². The molecule has 118 valence electrons. The van der Waals surface area contributed by atoms with Crippen LogP contribution < -0.4 is 0 Å². The Balaban J connectivity index is 1.84. The molecule has 1 fully saturated rings. The number of hydrogen-bond acceptors (Lipinski definition) is 2. The second-order valence-electron chi connectivity index (χ2n) is 6.50. The summed E-state index contributed by atoms with van der Waals surface area (Å²) in [6.07, 6.45) is 3.58. The number of benzene rings is 2. The molecule has 2 atom stereocenters. The smallest absolute Gasteiger partial charge is 0.159 e. The first kappa shape index (κ1) is 15.7. The molecule has 23 heavy (non-hydrogen) atoms. The molecule has 0 aromatic heterocycles. The van der Waals surface area contributed by atoms with Crippen LogP contribution in [0.2, 0.25) is 0 Å². The van der Waals surface area contributed by atoms with Gasteiger partial charge in [0.1, 0.15) is 0 Å². The van der Waals surface area contributed by atoms with Gasteiger partial charge in [0.15, 0.2) is 11.6 Å². The Morgan fingerprint density at radius 3 is 1.35 bits per heavy atom. The van der Waals surface area contributed by atoms with E-state index in [0.29, 0.717) is 11.8 Å². The highest BCUT2D eigenvalue weighted by Gasteiger charge is 2.29. The maximum absolute atomic E-state index is 11.4. The van der Waals surface area contributed by atoms with Crippen LogP contribution >= 0.6 is 0 Å². The van der Waals surface area contributed by atoms with Crippen LogP contribution in [0.5, 0.6) is 0 Å². The van der Waals surface area contributed by atoms with Gasteiger partial charge in [0, 0.05) is 11.1 Å². The van der Waals surface area contributed by atoms with Gasteiger partial charge in [-0.15, -0.1) is 0 Å². The predicted octanol–water partition coefficient (Wildman–Crippen LogP) is 5.14. The van der Waals surface area contributed by atoms with E-state index in [4.69, 9.17) is 0 Å². The normalized spacial score (nSPS) is 20.4. The highest BCUT2D eigenvalue weighted by Crippen LogP contribution is 2.45. The lowest BCUT2D eigenvalue weighted by molar-refractivity contribution is 0.100. The lowest BCUT2D eigenvalue weighted by atomic mass is 9.83. The van der Waals surface area contributed by atoms with Gasteiger partial charge >= 0.3 is 0 Å². The molecule has 1 aliphatic rings. The molecule has 0 bridgehead atoms. The van der Waals surface area contributed by atoms with Gasteiger partial charge in [0.25, 0.3) is 0 Å². The van der Waals surface area contributed by atoms with E-state index in [9.17, 15) is 9.59 Å². The molecule has 0 radical (unpaired) electrons. The van der Waals surface area contributed by atoms with Crippen LogP contribution in [0.25, 0.3) is 0 Å². The van der Waals surface area contributed by atoms with E-state index in [0.717, 1.165) is 11.1 Å². The van der Waals surface area contributed by atoms with E-state index in [2.05, 4.69) is 24.3 Å². The molecule has 0 saturated heterocycles. The SMILES string of the molecule is CC(=O)c1ccc([C@H]2CCC[C@H]2c2ccc(C(C)=O)cc2)cc1. The Labute approximate surface area is 137 Å². The van der Waals surface area contributed by atoms with Crippen LogP contribution in [0, 0.1) is 0 Å². The molecule has 2 heteroatoms. The van der Waals surface area contributed by atoms with Gasteiger partial charge in [-0.25, -0.2) is 0 Å². The van der Waals surface area contributed by atoms with Crippen LogP contribution in [-0.2, 0) is 0 Å². The van der Waals surface area contributed by atoms with Gasteiger partial charge in [0.05, 0.1) is 0 Å². The summed E-state index contributed by atoms with van der Waals surface area (Å²) in [7, 11) is 0. The van der Waals surface area contributed by atoms with Crippen molar-refractivity contribution < 1.29 is 9.59 Å². The standard InChI is InChI=1S/C21H22O2/c1-14(22)16-6-10-18(11-7-16)20-4-3-5-21(20)19-12-8-17(9-13-19)15(2)23/h6-13,20-21H,3-5H2,1-2H3/t20-,21+. The number of rotatable bonds is 4. The summed E-state index contributed by atoms with van der Waals surface area (Å²) in [5.74, 6) is 1.22. The molecule has 2 aromatic rings. The van der Waals surface area contributed by atoms with Crippen molar-refractivity contribution in [1.82, 2.24) is 0 Å². The molecule has 2 aromatic carbocycles. The molecule has 0 aliphatic heterocycles. The zero-order chi connectivity index (χ0) is 16.4. The summed E-state index contributed by atoms with van der Waals surface area (Å²) < 4.78 is 0. The Kier molecular flexibility index (Phi) is 4.42. The number of hydrogen-bond donors (Lipinski definition) is 0. The summed E-state index contributed by atoms with van der Waals surface area (Å²) in [6, 6.07) is 16.1. The summed E-state index contributed by atoms with van der Waals surface area (Å²) in [4.78, 5) is 22.8. The summed E-state index contributed by atoms with van der Waals surface area (Å²) >= 11 is 0. The Hall–Kier alpha value is -2.22. The van der Waals surface area contributed by atoms with Crippen molar-refractivity contribution in [1.29, 1.82) is 0 Å². The van der Waals surface area contributed by atoms with Crippen LogP contribution in [0.1, 0.15) is 76.8 Å². The minimum atomic E-state index is 0.111. The summed E-state index contributed by atoms with van der Waals surface area (Å²) in [6.45, 7) is 3.20. The largest absolute Gasteiger partial charge is 0.295 e. The molecular weight excluding hydrogens is 284 g/mol. The molecule has 1 aliphatic carbocycles. The maximum Gasteiger partial charge on any atom is 0.159 e. The van der Waals surface area contributed by atoms with Crippen molar-refractivity contribution >= 4 is 11.6 Å². The van der Waals surface area contributed by atoms with Gasteiger partial charge in [-0.3, -0.25) is 9.59 Å². The second-order valence-corrected chi connectivity index (χ2v) is 6.50. The summed E-state index contributed by atoms with van der Waals surface area (Å²) in [5, 5.41) is 0. The maximum atomic E-state index is 11.4. The fourth-order valence-electron chi connectivity index (χ4n) is 3.69. The van der Waals surface area contributed by atoms with E-state index in [1.54, 1.807) is 13.8 Å². The lowest BCUT2D eigenvalue weighted by Gasteiger charge is -2.21. The van der Waals surface area contributed by atoms with E-state index < -0.39 is 0 Å². The lowest BCUT2D eigenvalue weighted by Crippen LogP contribution is -2.06. The number of carbonyl (C=O) groups is 2. The number of carbonyl (C=O) groups excluding carboxylic acids is 2. The van der Waals surface area contributed by atoms with Crippen molar-refractivity contribution in [3.8, 4) is 0 Å². The molecule has 3 rings (SSSR count). The topological polar surface area (TPSA) is 34.1 Å². The molecule has 0 heterocycles. The molecule has 1 saturated carbocycles. The molecule has 0 spiro atoms. The molecule has 0 N–H and O–H groups in total. The van der Waals surface area contributed by atoms with Gasteiger partial charge in [-0.1, -0.05) is 55.0 Å². The van der Waals surface area contributed by atoms with Gasteiger partial charge in [0.2, 0.25) is 0 Å². The molecular formula is C21H22O2. The quantitative estimate of drug-likeness (QED) is 0.733. The van der Waals surface area contributed by atoms with Gasteiger partial charge in [-0.05, 0) is 49.7 Å². The predicted molar refractivity (Wildman–Crippen MR) is 92.2 cm³/mol. The molecule has 2 nitrogen and oxygen atoms in total. The first-order valence-electron chi connectivity index (χ1n) is 8.28. The molecule has 0 unspecified atom stereocenters. The van der Waals surface area contributed by atoms with Crippen LogP contribution in [-0.4, -0.2) is 11.6 Å². The highest BCUT2D eigenvalue weighted by molar-refractivity contribution is 5.94. The van der Waals surface area contributed by atoms with Crippen LogP contribution in [0.15, 0.2) is 48.5 Å². The van der Waals surface area contributed by atoms with Crippen LogP contribution in [0.4, 0.5) is 0 Å². The van der Waals surface area contributed by atoms with E-state index in [-0.39, 0.29) is 11.6 Å². The van der Waals surface area contributed by atoms with Crippen molar-refractivity contribution in [3.63, 3.8) is 0 Å². The van der Waals surface area contributed by atoms with E-state index in [1.165, 1.54) is 30.4 Å². The average Bonchev–Trinajstić information content (AvgIpc) is 3.04. The number of Topliss-reactive ketones (excluding diaryl/α,β-unsaturated/α-hetero) is 2. The van der Waals surface area contributed by atoms with Crippen molar-refractivity contribution in [2.75, 3.05) is 0 Å². The fraction of sp³-hybridized carbons (Fsp3) is 0.333. The highest BCUT2D eigenvalue weighted by atomic mass is 16.1. The Morgan fingerprint density at radius 2 is 1.04 bits per heavy atom. The van der Waals surface area contributed by atoms with Gasteiger partial charge < -0.3 is 0 Å². The zero-order valence-corrected chi connectivity index (χ0v) is 13.7. The third-order valence-corrected chi connectivity index (χ3v) is 5.01. The van der Waals surface area contributed by atoms with E-state index >= 15 is 0 Å². The first-order chi connectivity index (χ1) is 11.1. The van der Waals surface area contributed by atoms with Crippen LogP contribution in [0.3, 0.4) is 0 Å². The van der Waals surface area contributed by atoms with Gasteiger partial charge in [-0.2, -0.15) is 0 Å². The summed E-state index contributed by atoms with van der Waals surface area (Å²) in [5.41, 5.74) is 4.17. The second kappa shape index (κ2) is 6.49. The number of ketones is 2. The first-order valence-corrected chi connectivity index (χ1v) is 8.28. The van der Waals surface area contributed by atoms with Crippen molar-refractivity contribution in [3.05, 3.63) is 70.8 Å². The minimum Gasteiger partial charge on any atom is -0.295 e. The third-order valence-electron chi connectivity index (χ3n) is 5.01. The Bertz CT molecular complexity index is 647. The Morgan fingerprint density at radius 1 is 0.696 bits per heavy atom. The van der Waals surface area contributed by atoms with E-state index in [1.807, 2.05) is 24.3 Å². The minimum absolute atomic E-state index is 0.111. The average molecular weight is 306 g/mol. The fourth-order valence-corrected chi connectivity index (χ4v) is 3.69. The third kappa shape index (κ3) is 3.26.